The number of nitrogen functional groups attached to an aromatic ring is 1. The van der Waals surface area contributed by atoms with E-state index < -0.39 is 10.7 Å². The Morgan fingerprint density at radius 3 is 2.44 bits per heavy atom. The van der Waals surface area contributed by atoms with Crippen LogP contribution in [0.25, 0.3) is 0 Å². The number of benzene rings is 2. The van der Waals surface area contributed by atoms with E-state index in [0.29, 0.717) is 0 Å². The van der Waals surface area contributed by atoms with Crippen LogP contribution in [0.1, 0.15) is 0 Å². The fraction of sp³-hybridized carbons (Fsp3) is 0. The van der Waals surface area contributed by atoms with Crippen LogP contribution in [0.3, 0.4) is 0 Å². The van der Waals surface area contributed by atoms with E-state index in [1.807, 2.05) is 0 Å². The molecule has 0 atom stereocenters. The molecule has 0 saturated heterocycles. The fourth-order valence-corrected chi connectivity index (χ4v) is 1.46. The van der Waals surface area contributed by atoms with Gasteiger partial charge in [0.15, 0.2) is 11.6 Å². The molecule has 92 valence electrons. The highest BCUT2D eigenvalue weighted by atomic mass is 19.1. The Morgan fingerprint density at radius 2 is 1.78 bits per heavy atom. The molecular weight excluding hydrogens is 239 g/mol. The van der Waals surface area contributed by atoms with Crippen LogP contribution in [0.2, 0.25) is 0 Å². The summed E-state index contributed by atoms with van der Waals surface area (Å²) in [6, 6.07) is 9.88. The zero-order chi connectivity index (χ0) is 13.1. The maximum Gasteiger partial charge on any atom is 0.334 e. The largest absolute Gasteiger partial charge is 0.447 e. The fourth-order valence-electron chi connectivity index (χ4n) is 1.46. The Kier molecular flexibility index (Phi) is 3.09. The van der Waals surface area contributed by atoms with Crippen LogP contribution >= 0.6 is 0 Å². The summed E-state index contributed by atoms with van der Waals surface area (Å²) in [5.41, 5.74) is 5.09. The average Bonchev–Trinajstić information content (AvgIpc) is 2.31. The average molecular weight is 248 g/mol. The summed E-state index contributed by atoms with van der Waals surface area (Å²) in [5, 5.41) is 10.9. The molecule has 2 rings (SSSR count). The predicted octanol–water partition coefficient (Wildman–Crippen LogP) is 3.11. The lowest BCUT2D eigenvalue weighted by atomic mass is 10.2. The number of nitrogens with zero attached hydrogens (tertiary/aromatic N) is 1. The first-order valence-corrected chi connectivity index (χ1v) is 5.05. The summed E-state index contributed by atoms with van der Waals surface area (Å²) < 4.78 is 18.6. The van der Waals surface area contributed by atoms with Crippen molar-refractivity contribution < 1.29 is 14.1 Å². The van der Waals surface area contributed by atoms with Gasteiger partial charge in [-0.05, 0) is 24.3 Å². The van der Waals surface area contributed by atoms with Crippen LogP contribution < -0.4 is 10.5 Å². The van der Waals surface area contributed by atoms with Crippen molar-refractivity contribution in [3.05, 3.63) is 58.4 Å². The van der Waals surface area contributed by atoms with Gasteiger partial charge in [-0.1, -0.05) is 18.2 Å². The van der Waals surface area contributed by atoms with Crippen molar-refractivity contribution in [3.8, 4) is 11.5 Å². The number of rotatable bonds is 3. The van der Waals surface area contributed by atoms with Gasteiger partial charge in [0.25, 0.3) is 0 Å². The van der Waals surface area contributed by atoms with Gasteiger partial charge in [-0.3, -0.25) is 10.1 Å². The molecule has 2 aromatic rings. The minimum atomic E-state index is -0.661. The number of nitro groups is 1. The Hall–Kier alpha value is -2.63. The smallest absolute Gasteiger partial charge is 0.334 e. The number of ether oxygens (including phenoxy) is 1. The highest BCUT2D eigenvalue weighted by molar-refractivity contribution is 5.66. The van der Waals surface area contributed by atoms with Gasteiger partial charge in [0.2, 0.25) is 5.75 Å². The topological polar surface area (TPSA) is 78.4 Å². The predicted molar refractivity (Wildman–Crippen MR) is 64.0 cm³/mol. The molecule has 2 N–H and O–H groups in total. The quantitative estimate of drug-likeness (QED) is 0.514. The third kappa shape index (κ3) is 2.22. The monoisotopic (exact) mass is 248 g/mol. The molecule has 0 spiro atoms. The number of hydrogen-bond acceptors (Lipinski definition) is 4. The molecule has 0 bridgehead atoms. The van der Waals surface area contributed by atoms with E-state index >= 15 is 0 Å². The van der Waals surface area contributed by atoms with E-state index in [2.05, 4.69) is 0 Å². The second kappa shape index (κ2) is 4.70. The van der Waals surface area contributed by atoms with E-state index in [4.69, 9.17) is 10.5 Å². The third-order valence-corrected chi connectivity index (χ3v) is 2.27. The number of hydrogen-bond donors (Lipinski definition) is 1. The highest BCUT2D eigenvalue weighted by Crippen LogP contribution is 2.36. The number of halogens is 1. The van der Waals surface area contributed by atoms with Gasteiger partial charge in [-0.15, -0.1) is 0 Å². The second-order valence-electron chi connectivity index (χ2n) is 3.48. The van der Waals surface area contributed by atoms with Gasteiger partial charge in [0.05, 0.1) is 4.92 Å². The molecule has 18 heavy (non-hydrogen) atoms. The molecule has 0 aliphatic heterocycles. The lowest BCUT2D eigenvalue weighted by Crippen LogP contribution is -1.99. The van der Waals surface area contributed by atoms with E-state index in [9.17, 15) is 14.5 Å². The summed E-state index contributed by atoms with van der Waals surface area (Å²) in [4.78, 5) is 10.2. The first kappa shape index (κ1) is 11.8. The van der Waals surface area contributed by atoms with Gasteiger partial charge < -0.3 is 10.5 Å². The van der Waals surface area contributed by atoms with Gasteiger partial charge >= 0.3 is 5.69 Å². The van der Waals surface area contributed by atoms with Crippen molar-refractivity contribution in [3.63, 3.8) is 0 Å². The van der Waals surface area contributed by atoms with Crippen LogP contribution in [0, 0.1) is 15.9 Å². The SMILES string of the molecule is Nc1cccc(Oc2ccccc2F)c1[N+](=O)[O-]. The van der Waals surface area contributed by atoms with Crippen molar-refractivity contribution >= 4 is 11.4 Å². The molecule has 0 fully saturated rings. The lowest BCUT2D eigenvalue weighted by Gasteiger charge is -2.07. The summed E-state index contributed by atoms with van der Waals surface area (Å²) in [5.74, 6) is -0.787. The molecule has 0 aliphatic rings. The molecule has 2 aromatic carbocycles. The number of nitro benzene ring substituents is 1. The molecule has 0 unspecified atom stereocenters. The van der Waals surface area contributed by atoms with Crippen LogP contribution in [-0.4, -0.2) is 4.92 Å². The Morgan fingerprint density at radius 1 is 1.11 bits per heavy atom. The Labute approximate surface area is 102 Å². The molecular formula is C12H9FN2O3. The van der Waals surface area contributed by atoms with Crippen LogP contribution in [0.15, 0.2) is 42.5 Å². The Balaban J connectivity index is 2.44. The highest BCUT2D eigenvalue weighted by Gasteiger charge is 2.20. The van der Waals surface area contributed by atoms with Crippen molar-refractivity contribution in [2.24, 2.45) is 0 Å². The van der Waals surface area contributed by atoms with Crippen LogP contribution in [0.5, 0.6) is 11.5 Å². The van der Waals surface area contributed by atoms with Gasteiger partial charge in [-0.2, -0.15) is 0 Å². The first-order chi connectivity index (χ1) is 8.59. The van der Waals surface area contributed by atoms with Crippen molar-refractivity contribution in [2.75, 3.05) is 5.73 Å². The standard InChI is InChI=1S/C12H9FN2O3/c13-8-4-1-2-6-10(8)18-11-7-3-5-9(14)12(11)15(16)17/h1-7H,14H2. The maximum atomic E-state index is 13.4. The van der Waals surface area contributed by atoms with E-state index in [0.717, 1.165) is 0 Å². The van der Waals surface area contributed by atoms with E-state index in [1.165, 1.54) is 36.4 Å². The summed E-state index contributed by atoms with van der Waals surface area (Å²) in [7, 11) is 0. The summed E-state index contributed by atoms with van der Waals surface area (Å²) in [6.45, 7) is 0. The van der Waals surface area contributed by atoms with E-state index in [1.54, 1.807) is 6.07 Å². The normalized spacial score (nSPS) is 10.1. The molecule has 0 amide bonds. The lowest BCUT2D eigenvalue weighted by molar-refractivity contribution is -0.384. The zero-order valence-electron chi connectivity index (χ0n) is 9.17. The minimum Gasteiger partial charge on any atom is -0.447 e. The first-order valence-electron chi connectivity index (χ1n) is 5.05. The maximum absolute atomic E-state index is 13.4. The summed E-state index contributed by atoms with van der Waals surface area (Å²) >= 11 is 0. The zero-order valence-corrected chi connectivity index (χ0v) is 9.17. The number of anilines is 1. The number of para-hydroxylation sites is 2. The van der Waals surface area contributed by atoms with Gasteiger partial charge in [0, 0.05) is 0 Å². The number of nitrogens with two attached hydrogens (primary N) is 1. The molecule has 5 nitrogen and oxygen atoms in total. The van der Waals surface area contributed by atoms with Crippen molar-refractivity contribution in [1.29, 1.82) is 0 Å². The Bertz CT molecular complexity index is 602. The van der Waals surface area contributed by atoms with Crippen molar-refractivity contribution in [2.45, 2.75) is 0 Å². The van der Waals surface area contributed by atoms with E-state index in [-0.39, 0.29) is 22.9 Å². The molecule has 0 aliphatic carbocycles. The second-order valence-corrected chi connectivity index (χ2v) is 3.48. The third-order valence-electron chi connectivity index (χ3n) is 2.27. The molecule has 0 aromatic heterocycles. The van der Waals surface area contributed by atoms with Crippen molar-refractivity contribution in [1.82, 2.24) is 0 Å². The van der Waals surface area contributed by atoms with Crippen LogP contribution in [-0.2, 0) is 0 Å². The molecule has 6 heteroatoms. The molecule has 0 heterocycles. The van der Waals surface area contributed by atoms with Gasteiger partial charge in [-0.25, -0.2) is 4.39 Å². The molecule has 0 saturated carbocycles. The van der Waals surface area contributed by atoms with Gasteiger partial charge in [0.1, 0.15) is 5.69 Å². The minimum absolute atomic E-state index is 0.0335. The van der Waals surface area contributed by atoms with Crippen LogP contribution in [0.4, 0.5) is 15.8 Å². The summed E-state index contributed by atoms with van der Waals surface area (Å²) in [6.07, 6.45) is 0. The molecule has 0 radical (unpaired) electrons.